The first-order valence-corrected chi connectivity index (χ1v) is 5.18. The number of carboxylic acids is 1. The summed E-state index contributed by atoms with van der Waals surface area (Å²) in [5.41, 5.74) is 6.54. The number of hydrogen-bond acceptors (Lipinski definition) is 3. The number of nitrogen functional groups attached to an aromatic ring is 1. The lowest BCUT2D eigenvalue weighted by atomic mass is 10.2. The Morgan fingerprint density at radius 1 is 1.50 bits per heavy atom. The maximum atomic E-state index is 10.9. The number of anilines is 1. The van der Waals surface area contributed by atoms with Gasteiger partial charge in [-0.1, -0.05) is 19.9 Å². The molecule has 3 N–H and O–H groups in total. The third-order valence-electron chi connectivity index (χ3n) is 1.63. The molecular weight excluding hydrogens is 198 g/mol. The number of nitrogens with two attached hydrogens (primary N) is 1. The fourth-order valence-corrected chi connectivity index (χ4v) is 2.05. The molecule has 0 amide bonds. The summed E-state index contributed by atoms with van der Waals surface area (Å²) >= 11 is 1.47. The minimum atomic E-state index is -0.930. The summed E-state index contributed by atoms with van der Waals surface area (Å²) in [4.78, 5) is 11.5. The van der Waals surface area contributed by atoms with E-state index in [0.717, 1.165) is 0 Å². The maximum absolute atomic E-state index is 10.9. The van der Waals surface area contributed by atoms with Gasteiger partial charge in [-0.15, -0.1) is 11.8 Å². The SMILES string of the molecule is CC(C)Sc1c(N)cccc1C(=O)O. The molecular formula is C10H13NO2S. The Balaban J connectivity index is 3.15. The van der Waals surface area contributed by atoms with Crippen LogP contribution in [0.1, 0.15) is 24.2 Å². The van der Waals surface area contributed by atoms with Gasteiger partial charge in [0.15, 0.2) is 0 Å². The predicted molar refractivity (Wildman–Crippen MR) is 58.8 cm³/mol. The topological polar surface area (TPSA) is 63.3 Å². The van der Waals surface area contributed by atoms with Crippen LogP contribution in [0.4, 0.5) is 5.69 Å². The summed E-state index contributed by atoms with van der Waals surface area (Å²) < 4.78 is 0. The third-order valence-corrected chi connectivity index (χ3v) is 2.79. The van der Waals surface area contributed by atoms with E-state index in [1.807, 2.05) is 13.8 Å². The molecule has 1 aromatic carbocycles. The van der Waals surface area contributed by atoms with Gasteiger partial charge in [-0.05, 0) is 12.1 Å². The van der Waals surface area contributed by atoms with Gasteiger partial charge in [-0.25, -0.2) is 4.79 Å². The second-order valence-electron chi connectivity index (χ2n) is 3.20. The van der Waals surface area contributed by atoms with Crippen LogP contribution in [-0.4, -0.2) is 16.3 Å². The molecule has 3 nitrogen and oxygen atoms in total. The standard InChI is InChI=1S/C10H13NO2S/c1-6(2)14-9-7(10(12)13)4-3-5-8(9)11/h3-6H,11H2,1-2H3,(H,12,13). The second-order valence-corrected chi connectivity index (χ2v) is 4.78. The minimum absolute atomic E-state index is 0.281. The zero-order chi connectivity index (χ0) is 10.7. The summed E-state index contributed by atoms with van der Waals surface area (Å²) in [6.45, 7) is 4.01. The predicted octanol–water partition coefficient (Wildman–Crippen LogP) is 2.47. The van der Waals surface area contributed by atoms with Gasteiger partial charge in [0, 0.05) is 15.8 Å². The van der Waals surface area contributed by atoms with Crippen LogP contribution >= 0.6 is 11.8 Å². The number of aromatic carboxylic acids is 1. The van der Waals surface area contributed by atoms with E-state index in [1.54, 1.807) is 18.2 Å². The summed E-state index contributed by atoms with van der Waals surface area (Å²) in [5.74, 6) is -0.930. The van der Waals surface area contributed by atoms with E-state index < -0.39 is 5.97 Å². The summed E-state index contributed by atoms with van der Waals surface area (Å²) in [6.07, 6.45) is 0. The molecule has 0 aliphatic rings. The molecule has 0 fully saturated rings. The van der Waals surface area contributed by atoms with Gasteiger partial charge in [0.1, 0.15) is 0 Å². The lowest BCUT2D eigenvalue weighted by molar-refractivity contribution is 0.0693. The van der Waals surface area contributed by atoms with Crippen molar-refractivity contribution in [1.82, 2.24) is 0 Å². The monoisotopic (exact) mass is 211 g/mol. The molecule has 0 bridgehead atoms. The van der Waals surface area contributed by atoms with Gasteiger partial charge >= 0.3 is 5.97 Å². The van der Waals surface area contributed by atoms with E-state index in [2.05, 4.69) is 0 Å². The molecule has 4 heteroatoms. The summed E-state index contributed by atoms with van der Waals surface area (Å²) in [7, 11) is 0. The lowest BCUT2D eigenvalue weighted by Crippen LogP contribution is -2.03. The molecule has 0 unspecified atom stereocenters. The van der Waals surface area contributed by atoms with Crippen LogP contribution < -0.4 is 5.73 Å². The smallest absolute Gasteiger partial charge is 0.336 e. The molecule has 0 saturated carbocycles. The number of carbonyl (C=O) groups is 1. The quantitative estimate of drug-likeness (QED) is 0.595. The Hall–Kier alpha value is -1.16. The van der Waals surface area contributed by atoms with E-state index in [1.165, 1.54) is 11.8 Å². The number of rotatable bonds is 3. The van der Waals surface area contributed by atoms with Crippen LogP contribution in [0.25, 0.3) is 0 Å². The molecule has 1 rings (SSSR count). The first-order chi connectivity index (χ1) is 6.52. The molecule has 0 saturated heterocycles. The second kappa shape index (κ2) is 4.37. The van der Waals surface area contributed by atoms with Crippen LogP contribution in [0.3, 0.4) is 0 Å². The highest BCUT2D eigenvalue weighted by Gasteiger charge is 2.13. The number of benzene rings is 1. The van der Waals surface area contributed by atoms with Crippen molar-refractivity contribution in [3.63, 3.8) is 0 Å². The number of thioether (sulfide) groups is 1. The molecule has 1 aromatic rings. The average Bonchev–Trinajstić information content (AvgIpc) is 2.07. The maximum Gasteiger partial charge on any atom is 0.336 e. The summed E-state index contributed by atoms with van der Waals surface area (Å²) in [6, 6.07) is 4.95. The lowest BCUT2D eigenvalue weighted by Gasteiger charge is -2.10. The highest BCUT2D eigenvalue weighted by molar-refractivity contribution is 8.00. The normalized spacial score (nSPS) is 10.5. The van der Waals surface area contributed by atoms with Crippen molar-refractivity contribution in [3.8, 4) is 0 Å². The minimum Gasteiger partial charge on any atom is -0.478 e. The first kappa shape index (κ1) is 10.9. The molecule has 0 heterocycles. The van der Waals surface area contributed by atoms with Crippen LogP contribution in [-0.2, 0) is 0 Å². The summed E-state index contributed by atoms with van der Waals surface area (Å²) in [5, 5.41) is 9.25. The van der Waals surface area contributed by atoms with E-state index >= 15 is 0 Å². The molecule has 76 valence electrons. The van der Waals surface area contributed by atoms with Gasteiger partial charge < -0.3 is 10.8 Å². The van der Waals surface area contributed by atoms with Crippen molar-refractivity contribution in [2.24, 2.45) is 0 Å². The van der Waals surface area contributed by atoms with Crippen molar-refractivity contribution < 1.29 is 9.90 Å². The van der Waals surface area contributed by atoms with E-state index in [-0.39, 0.29) is 5.56 Å². The van der Waals surface area contributed by atoms with Crippen molar-refractivity contribution in [3.05, 3.63) is 23.8 Å². The van der Waals surface area contributed by atoms with Gasteiger partial charge in [-0.2, -0.15) is 0 Å². The zero-order valence-electron chi connectivity index (χ0n) is 8.15. The Bertz CT molecular complexity index is 350. The first-order valence-electron chi connectivity index (χ1n) is 4.30. The van der Waals surface area contributed by atoms with Gasteiger partial charge in [0.25, 0.3) is 0 Å². The molecule has 14 heavy (non-hydrogen) atoms. The van der Waals surface area contributed by atoms with Crippen molar-refractivity contribution in [1.29, 1.82) is 0 Å². The molecule has 0 aliphatic carbocycles. The fraction of sp³-hybridized carbons (Fsp3) is 0.300. The van der Waals surface area contributed by atoms with E-state index in [9.17, 15) is 4.79 Å². The van der Waals surface area contributed by atoms with E-state index in [0.29, 0.717) is 15.8 Å². The van der Waals surface area contributed by atoms with Crippen LogP contribution in [0.2, 0.25) is 0 Å². The van der Waals surface area contributed by atoms with E-state index in [4.69, 9.17) is 10.8 Å². The van der Waals surface area contributed by atoms with Gasteiger partial charge in [0.2, 0.25) is 0 Å². The number of carboxylic acid groups (broad SMARTS) is 1. The van der Waals surface area contributed by atoms with Crippen LogP contribution in [0.15, 0.2) is 23.1 Å². The Morgan fingerprint density at radius 3 is 2.64 bits per heavy atom. The highest BCUT2D eigenvalue weighted by Crippen LogP contribution is 2.31. The van der Waals surface area contributed by atoms with Gasteiger partial charge in [-0.3, -0.25) is 0 Å². The van der Waals surface area contributed by atoms with Crippen LogP contribution in [0, 0.1) is 0 Å². The fourth-order valence-electron chi connectivity index (χ4n) is 1.09. The molecule has 0 radical (unpaired) electrons. The third kappa shape index (κ3) is 2.42. The van der Waals surface area contributed by atoms with Crippen molar-refractivity contribution in [2.45, 2.75) is 24.0 Å². The molecule has 0 atom stereocenters. The Kier molecular flexibility index (Phi) is 3.41. The van der Waals surface area contributed by atoms with Crippen molar-refractivity contribution >= 4 is 23.4 Å². The Morgan fingerprint density at radius 2 is 2.14 bits per heavy atom. The molecule has 0 spiro atoms. The molecule has 0 aromatic heterocycles. The number of hydrogen-bond donors (Lipinski definition) is 2. The van der Waals surface area contributed by atoms with Crippen LogP contribution in [0.5, 0.6) is 0 Å². The largest absolute Gasteiger partial charge is 0.478 e. The van der Waals surface area contributed by atoms with Gasteiger partial charge in [0.05, 0.1) is 5.56 Å². The molecule has 0 aliphatic heterocycles. The average molecular weight is 211 g/mol. The van der Waals surface area contributed by atoms with Crippen molar-refractivity contribution in [2.75, 3.05) is 5.73 Å². The Labute approximate surface area is 87.3 Å². The highest BCUT2D eigenvalue weighted by atomic mass is 32.2. The zero-order valence-corrected chi connectivity index (χ0v) is 8.97.